The van der Waals surface area contributed by atoms with Crippen LogP contribution in [0.25, 0.3) is 0 Å². The van der Waals surface area contributed by atoms with Crippen LogP contribution in [0.15, 0.2) is 24.3 Å². The Labute approximate surface area is 221 Å². The van der Waals surface area contributed by atoms with Crippen molar-refractivity contribution in [2.24, 2.45) is 23.1 Å². The highest BCUT2D eigenvalue weighted by Crippen LogP contribution is 2.13. The molecular weight excluding hydrogens is 496 g/mol. The van der Waals surface area contributed by atoms with E-state index in [0.29, 0.717) is 31.4 Å². The number of rotatable bonds is 17. The minimum atomic E-state index is -1.60. The fraction of sp³-hybridized carbons (Fsp3) is 0.560. The Bertz CT molecular complexity index is 956. The molecule has 212 valence electrons. The van der Waals surface area contributed by atoms with E-state index in [1.165, 1.54) is 24.3 Å². The number of nitrogens with one attached hydrogen (secondary N) is 3. The standard InChI is InChI=1S/C25H40N6O7/c1-3-14(2)21(28)24(36)29-17(6-4-5-11-26)22(34)30-18(12-15-7-9-16(32)10-8-15)23(35)31-19(25(37)38)13-20(27)33/h7-10,14,17-19,21,32H,3-6,11-13,26,28H2,1-2H3,(H2,27,33)(H,29,36)(H,30,34)(H,31,35)(H,37,38). The number of hydrogen-bond acceptors (Lipinski definition) is 8. The highest BCUT2D eigenvalue weighted by atomic mass is 16.4. The molecular formula is C25H40N6O7. The van der Waals surface area contributed by atoms with Gasteiger partial charge in [-0.2, -0.15) is 0 Å². The van der Waals surface area contributed by atoms with Crippen LogP contribution < -0.4 is 33.2 Å². The molecule has 1 aromatic rings. The molecule has 11 N–H and O–H groups in total. The number of carbonyl (C=O) groups is 5. The number of carboxylic acid groups (broad SMARTS) is 1. The molecule has 0 heterocycles. The second-order valence-electron chi connectivity index (χ2n) is 9.26. The summed E-state index contributed by atoms with van der Waals surface area (Å²) in [5, 5.41) is 26.4. The second-order valence-corrected chi connectivity index (χ2v) is 9.26. The summed E-state index contributed by atoms with van der Waals surface area (Å²) in [6.45, 7) is 4.09. The van der Waals surface area contributed by atoms with Crippen molar-refractivity contribution in [3.8, 4) is 5.75 Å². The third-order valence-corrected chi connectivity index (χ3v) is 6.17. The minimum Gasteiger partial charge on any atom is -0.508 e. The van der Waals surface area contributed by atoms with Crippen LogP contribution in [0.4, 0.5) is 0 Å². The van der Waals surface area contributed by atoms with Gasteiger partial charge in [0.1, 0.15) is 23.9 Å². The number of phenols is 1. The Morgan fingerprint density at radius 2 is 1.45 bits per heavy atom. The van der Waals surface area contributed by atoms with E-state index in [1.54, 1.807) is 0 Å². The number of phenolic OH excluding ortho intramolecular Hbond substituents is 1. The van der Waals surface area contributed by atoms with Crippen LogP contribution in [-0.2, 0) is 30.4 Å². The molecule has 0 aliphatic heterocycles. The summed E-state index contributed by atoms with van der Waals surface area (Å²) < 4.78 is 0. The number of benzene rings is 1. The minimum absolute atomic E-state index is 0.00786. The first kappa shape index (κ1) is 32.3. The van der Waals surface area contributed by atoms with Crippen LogP contribution in [0.1, 0.15) is 51.5 Å². The van der Waals surface area contributed by atoms with E-state index in [4.69, 9.17) is 17.2 Å². The fourth-order valence-corrected chi connectivity index (χ4v) is 3.56. The van der Waals surface area contributed by atoms with E-state index < -0.39 is 60.2 Å². The SMILES string of the molecule is CCC(C)C(N)C(=O)NC(CCCCN)C(=O)NC(Cc1ccc(O)cc1)C(=O)NC(CC(N)=O)C(=O)O. The van der Waals surface area contributed by atoms with Gasteiger partial charge in [-0.25, -0.2) is 4.79 Å². The molecule has 1 rings (SSSR count). The van der Waals surface area contributed by atoms with Crippen LogP contribution in [0.5, 0.6) is 5.75 Å². The second kappa shape index (κ2) is 16.2. The summed E-state index contributed by atoms with van der Waals surface area (Å²) in [5.41, 5.74) is 17.2. The maximum atomic E-state index is 13.3. The number of primary amides is 1. The molecule has 0 spiro atoms. The lowest BCUT2D eigenvalue weighted by Gasteiger charge is -2.26. The molecule has 0 saturated heterocycles. The fourth-order valence-electron chi connectivity index (χ4n) is 3.56. The Morgan fingerprint density at radius 1 is 0.895 bits per heavy atom. The molecule has 13 heteroatoms. The predicted molar refractivity (Wildman–Crippen MR) is 139 cm³/mol. The first-order valence-corrected chi connectivity index (χ1v) is 12.5. The lowest BCUT2D eigenvalue weighted by molar-refractivity contribution is -0.143. The van der Waals surface area contributed by atoms with E-state index >= 15 is 0 Å². The molecule has 13 nitrogen and oxygen atoms in total. The summed E-state index contributed by atoms with van der Waals surface area (Å²) in [5.74, 6) is -4.61. The van der Waals surface area contributed by atoms with Crippen LogP contribution >= 0.6 is 0 Å². The van der Waals surface area contributed by atoms with Gasteiger partial charge in [-0.3, -0.25) is 19.2 Å². The molecule has 0 bridgehead atoms. The summed E-state index contributed by atoms with van der Waals surface area (Å²) in [6, 6.07) is 1.10. The molecule has 0 aliphatic rings. The zero-order valence-electron chi connectivity index (χ0n) is 21.8. The first-order chi connectivity index (χ1) is 17.9. The summed E-state index contributed by atoms with van der Waals surface area (Å²) in [7, 11) is 0. The number of aliphatic carboxylic acids is 1. The van der Waals surface area contributed by atoms with Crippen LogP contribution in [0.3, 0.4) is 0 Å². The number of amides is 4. The van der Waals surface area contributed by atoms with E-state index in [0.717, 1.165) is 0 Å². The third kappa shape index (κ3) is 11.1. The first-order valence-electron chi connectivity index (χ1n) is 12.5. The molecule has 0 radical (unpaired) electrons. The van der Waals surface area contributed by atoms with Gasteiger partial charge in [-0.15, -0.1) is 0 Å². The van der Waals surface area contributed by atoms with E-state index in [9.17, 15) is 34.2 Å². The van der Waals surface area contributed by atoms with Crippen molar-refractivity contribution in [2.75, 3.05) is 6.54 Å². The Balaban J connectivity index is 3.18. The predicted octanol–water partition coefficient (Wildman–Crippen LogP) is -1.15. The maximum absolute atomic E-state index is 13.3. The quantitative estimate of drug-likeness (QED) is 0.112. The summed E-state index contributed by atoms with van der Waals surface area (Å²) in [6.07, 6.45) is 1.28. The van der Waals surface area contributed by atoms with Crippen LogP contribution in [0.2, 0.25) is 0 Å². The lowest BCUT2D eigenvalue weighted by atomic mass is 9.98. The summed E-state index contributed by atoms with van der Waals surface area (Å²) in [4.78, 5) is 61.8. The number of carboxylic acids is 1. The van der Waals surface area contributed by atoms with Crippen molar-refractivity contribution in [2.45, 2.75) is 76.5 Å². The zero-order valence-corrected chi connectivity index (χ0v) is 21.8. The Hall–Kier alpha value is -3.71. The van der Waals surface area contributed by atoms with Crippen molar-refractivity contribution in [3.63, 3.8) is 0 Å². The molecule has 0 aliphatic carbocycles. The van der Waals surface area contributed by atoms with Gasteiger partial charge in [0.25, 0.3) is 0 Å². The van der Waals surface area contributed by atoms with Gasteiger partial charge in [0.15, 0.2) is 0 Å². The molecule has 0 fully saturated rings. The van der Waals surface area contributed by atoms with Crippen molar-refractivity contribution in [1.82, 2.24) is 16.0 Å². The van der Waals surface area contributed by atoms with Crippen molar-refractivity contribution >= 4 is 29.6 Å². The van der Waals surface area contributed by atoms with Crippen molar-refractivity contribution in [3.05, 3.63) is 29.8 Å². The number of aromatic hydroxyl groups is 1. The number of hydrogen-bond donors (Lipinski definition) is 8. The maximum Gasteiger partial charge on any atom is 0.326 e. The van der Waals surface area contributed by atoms with E-state index in [2.05, 4.69) is 16.0 Å². The largest absolute Gasteiger partial charge is 0.508 e. The van der Waals surface area contributed by atoms with Gasteiger partial charge in [0.2, 0.25) is 23.6 Å². The Morgan fingerprint density at radius 3 is 1.97 bits per heavy atom. The van der Waals surface area contributed by atoms with E-state index in [-0.39, 0.29) is 24.5 Å². The number of unbranched alkanes of at least 4 members (excludes halogenated alkanes) is 1. The van der Waals surface area contributed by atoms with Gasteiger partial charge in [-0.1, -0.05) is 32.4 Å². The Kier molecular flexibility index (Phi) is 13.8. The average Bonchev–Trinajstić information content (AvgIpc) is 2.87. The van der Waals surface area contributed by atoms with E-state index in [1.807, 2.05) is 13.8 Å². The highest BCUT2D eigenvalue weighted by Gasteiger charge is 2.31. The number of nitrogens with two attached hydrogens (primary N) is 3. The lowest BCUT2D eigenvalue weighted by Crippen LogP contribution is -2.58. The molecule has 5 atom stereocenters. The zero-order chi connectivity index (χ0) is 28.8. The van der Waals surface area contributed by atoms with Gasteiger partial charge < -0.3 is 43.4 Å². The van der Waals surface area contributed by atoms with Crippen LogP contribution in [-0.4, -0.2) is 70.5 Å². The van der Waals surface area contributed by atoms with Gasteiger partial charge in [0.05, 0.1) is 12.5 Å². The van der Waals surface area contributed by atoms with Gasteiger partial charge >= 0.3 is 5.97 Å². The molecule has 5 unspecified atom stereocenters. The topological polar surface area (TPSA) is 240 Å². The van der Waals surface area contributed by atoms with Crippen molar-refractivity contribution in [1.29, 1.82) is 0 Å². The molecule has 0 saturated carbocycles. The molecule has 4 amide bonds. The normalized spacial score (nSPS) is 14.8. The molecule has 38 heavy (non-hydrogen) atoms. The van der Waals surface area contributed by atoms with Gasteiger partial charge in [0, 0.05) is 6.42 Å². The smallest absolute Gasteiger partial charge is 0.326 e. The summed E-state index contributed by atoms with van der Waals surface area (Å²) >= 11 is 0. The van der Waals surface area contributed by atoms with Crippen LogP contribution in [0, 0.1) is 5.92 Å². The molecule has 0 aromatic heterocycles. The number of carbonyl (C=O) groups excluding carboxylic acids is 4. The molecule has 1 aromatic carbocycles. The third-order valence-electron chi connectivity index (χ3n) is 6.17. The van der Waals surface area contributed by atoms with Gasteiger partial charge in [-0.05, 0) is 49.4 Å². The average molecular weight is 537 g/mol. The van der Waals surface area contributed by atoms with Crippen molar-refractivity contribution < 1.29 is 34.2 Å². The monoisotopic (exact) mass is 536 g/mol. The highest BCUT2D eigenvalue weighted by molar-refractivity contribution is 5.95.